The molecule has 0 spiro atoms. The Bertz CT molecular complexity index is 485. The number of hydrogen-bond donors (Lipinski definition) is 1. The first-order chi connectivity index (χ1) is 7.51. The van der Waals surface area contributed by atoms with E-state index >= 15 is 0 Å². The van der Waals surface area contributed by atoms with Crippen molar-refractivity contribution in [2.75, 3.05) is 0 Å². The highest BCUT2D eigenvalue weighted by Gasteiger charge is 2.28. The topological polar surface area (TPSA) is 20.2 Å². The van der Waals surface area contributed by atoms with E-state index in [0.717, 1.165) is 16.0 Å². The predicted molar refractivity (Wildman–Crippen MR) is 69.2 cm³/mol. The predicted octanol–water partition coefficient (Wildman–Crippen LogP) is 3.97. The van der Waals surface area contributed by atoms with Crippen LogP contribution in [-0.4, -0.2) is 5.11 Å². The van der Waals surface area contributed by atoms with Crippen molar-refractivity contribution >= 4 is 22.9 Å². The molecule has 1 heterocycles. The third-order valence-electron chi connectivity index (χ3n) is 2.71. The zero-order chi connectivity index (χ0) is 11.8. The Morgan fingerprint density at radius 3 is 2.31 bits per heavy atom. The van der Waals surface area contributed by atoms with Gasteiger partial charge in [0.25, 0.3) is 0 Å². The van der Waals surface area contributed by atoms with Gasteiger partial charge in [0.15, 0.2) is 0 Å². The SMILES string of the molecule is Cc1ccsc1C(C)(O)c1ccc(Cl)cc1. The molecule has 2 rings (SSSR count). The van der Waals surface area contributed by atoms with E-state index < -0.39 is 5.60 Å². The molecule has 0 amide bonds. The van der Waals surface area contributed by atoms with Gasteiger partial charge >= 0.3 is 0 Å². The van der Waals surface area contributed by atoms with Gasteiger partial charge in [-0.15, -0.1) is 11.3 Å². The van der Waals surface area contributed by atoms with Gasteiger partial charge in [0.2, 0.25) is 0 Å². The van der Waals surface area contributed by atoms with Crippen molar-refractivity contribution < 1.29 is 5.11 Å². The van der Waals surface area contributed by atoms with Crippen molar-refractivity contribution in [3.05, 3.63) is 56.7 Å². The van der Waals surface area contributed by atoms with Crippen LogP contribution in [0.4, 0.5) is 0 Å². The summed E-state index contributed by atoms with van der Waals surface area (Å²) in [5.41, 5.74) is 1.04. The number of aliphatic hydroxyl groups is 1. The van der Waals surface area contributed by atoms with Crippen molar-refractivity contribution in [2.45, 2.75) is 19.4 Å². The minimum absolute atomic E-state index is 0.683. The lowest BCUT2D eigenvalue weighted by molar-refractivity contribution is 0.106. The first-order valence-corrected chi connectivity index (χ1v) is 6.30. The molecule has 1 nitrogen and oxygen atoms in total. The molecule has 2 aromatic rings. The second-order valence-corrected chi connectivity index (χ2v) is 5.36. The maximum Gasteiger partial charge on any atom is 0.121 e. The summed E-state index contributed by atoms with van der Waals surface area (Å²) in [6, 6.07) is 9.34. The van der Waals surface area contributed by atoms with Crippen molar-refractivity contribution in [3.8, 4) is 0 Å². The molecule has 1 N–H and O–H groups in total. The van der Waals surface area contributed by atoms with Crippen LogP contribution in [0.1, 0.15) is 22.9 Å². The number of hydrogen-bond acceptors (Lipinski definition) is 2. The minimum Gasteiger partial charge on any atom is -0.380 e. The molecule has 0 aliphatic rings. The summed E-state index contributed by atoms with van der Waals surface area (Å²) in [7, 11) is 0. The van der Waals surface area contributed by atoms with Gasteiger partial charge < -0.3 is 5.11 Å². The molecular weight excluding hydrogens is 240 g/mol. The normalized spacial score (nSPS) is 14.8. The molecule has 1 unspecified atom stereocenters. The quantitative estimate of drug-likeness (QED) is 0.858. The van der Waals surface area contributed by atoms with Crippen LogP contribution in [0.25, 0.3) is 0 Å². The lowest BCUT2D eigenvalue weighted by atomic mass is 9.92. The average Bonchev–Trinajstić information content (AvgIpc) is 2.66. The van der Waals surface area contributed by atoms with Crippen molar-refractivity contribution in [1.29, 1.82) is 0 Å². The summed E-state index contributed by atoms with van der Waals surface area (Å²) in [6.07, 6.45) is 0. The van der Waals surface area contributed by atoms with E-state index in [1.807, 2.05) is 37.4 Å². The summed E-state index contributed by atoms with van der Waals surface area (Å²) in [5.74, 6) is 0. The lowest BCUT2D eigenvalue weighted by Crippen LogP contribution is -2.22. The van der Waals surface area contributed by atoms with Crippen LogP contribution in [0.3, 0.4) is 0 Å². The Kier molecular flexibility index (Phi) is 3.06. The van der Waals surface area contributed by atoms with Gasteiger partial charge in [-0.05, 0) is 48.6 Å². The summed E-state index contributed by atoms with van der Waals surface area (Å²) in [4.78, 5) is 0.981. The average molecular weight is 253 g/mol. The summed E-state index contributed by atoms with van der Waals surface area (Å²) in [6.45, 7) is 3.82. The van der Waals surface area contributed by atoms with Crippen LogP contribution < -0.4 is 0 Å². The third kappa shape index (κ3) is 2.01. The van der Waals surface area contributed by atoms with Crippen LogP contribution in [0.5, 0.6) is 0 Å². The molecule has 0 bridgehead atoms. The standard InChI is InChI=1S/C13H13ClOS/c1-9-7-8-16-12(9)13(2,15)10-3-5-11(14)6-4-10/h3-8,15H,1-2H3. The first kappa shape index (κ1) is 11.6. The Morgan fingerprint density at radius 2 is 1.81 bits per heavy atom. The number of aryl methyl sites for hydroxylation is 1. The first-order valence-electron chi connectivity index (χ1n) is 5.05. The number of halogens is 1. The maximum atomic E-state index is 10.6. The summed E-state index contributed by atoms with van der Waals surface area (Å²) >= 11 is 7.41. The highest BCUT2D eigenvalue weighted by Crippen LogP contribution is 2.35. The van der Waals surface area contributed by atoms with Gasteiger partial charge in [0.05, 0.1) is 0 Å². The second-order valence-electron chi connectivity index (χ2n) is 4.01. The van der Waals surface area contributed by atoms with Crippen LogP contribution in [0.15, 0.2) is 35.7 Å². The fraction of sp³-hybridized carbons (Fsp3) is 0.231. The molecule has 84 valence electrons. The molecule has 1 aromatic carbocycles. The highest BCUT2D eigenvalue weighted by atomic mass is 35.5. The fourth-order valence-electron chi connectivity index (χ4n) is 1.78. The van der Waals surface area contributed by atoms with Gasteiger partial charge in [-0.3, -0.25) is 0 Å². The molecule has 0 saturated heterocycles. The Balaban J connectivity index is 2.46. The molecule has 0 aliphatic carbocycles. The highest BCUT2D eigenvalue weighted by molar-refractivity contribution is 7.10. The summed E-state index contributed by atoms with van der Waals surface area (Å²) in [5, 5.41) is 13.3. The van der Waals surface area contributed by atoms with Crippen molar-refractivity contribution in [3.63, 3.8) is 0 Å². The van der Waals surface area contributed by atoms with E-state index in [1.54, 1.807) is 23.5 Å². The fourth-order valence-corrected chi connectivity index (χ4v) is 2.91. The molecule has 16 heavy (non-hydrogen) atoms. The zero-order valence-electron chi connectivity index (χ0n) is 9.20. The number of thiophene rings is 1. The number of benzene rings is 1. The largest absolute Gasteiger partial charge is 0.380 e. The van der Waals surface area contributed by atoms with Gasteiger partial charge in [-0.2, -0.15) is 0 Å². The molecule has 3 heteroatoms. The number of rotatable bonds is 2. The molecule has 0 saturated carbocycles. The third-order valence-corrected chi connectivity index (χ3v) is 4.19. The minimum atomic E-state index is -0.942. The monoisotopic (exact) mass is 252 g/mol. The second kappa shape index (κ2) is 4.21. The van der Waals surface area contributed by atoms with E-state index in [-0.39, 0.29) is 0 Å². The van der Waals surface area contributed by atoms with Crippen LogP contribution >= 0.6 is 22.9 Å². The van der Waals surface area contributed by atoms with E-state index in [2.05, 4.69) is 0 Å². The maximum absolute atomic E-state index is 10.6. The van der Waals surface area contributed by atoms with E-state index in [9.17, 15) is 5.11 Å². The zero-order valence-corrected chi connectivity index (χ0v) is 10.8. The van der Waals surface area contributed by atoms with Crippen molar-refractivity contribution in [2.24, 2.45) is 0 Å². The molecule has 0 aliphatic heterocycles. The summed E-state index contributed by atoms with van der Waals surface area (Å²) < 4.78 is 0. The molecular formula is C13H13ClOS. The van der Waals surface area contributed by atoms with Gasteiger partial charge in [-0.1, -0.05) is 23.7 Å². The lowest BCUT2D eigenvalue weighted by Gasteiger charge is -2.23. The van der Waals surface area contributed by atoms with E-state index in [1.165, 1.54) is 0 Å². The molecule has 0 fully saturated rings. The van der Waals surface area contributed by atoms with Crippen LogP contribution in [0.2, 0.25) is 5.02 Å². The van der Waals surface area contributed by atoms with Gasteiger partial charge in [0, 0.05) is 9.90 Å². The van der Waals surface area contributed by atoms with Crippen molar-refractivity contribution in [1.82, 2.24) is 0 Å². The van der Waals surface area contributed by atoms with Gasteiger partial charge in [-0.25, -0.2) is 0 Å². The van der Waals surface area contributed by atoms with Gasteiger partial charge in [0.1, 0.15) is 5.60 Å². The Morgan fingerprint density at radius 1 is 1.19 bits per heavy atom. The van der Waals surface area contributed by atoms with Crippen LogP contribution in [0, 0.1) is 6.92 Å². The smallest absolute Gasteiger partial charge is 0.121 e. The Hall–Kier alpha value is -0.830. The van der Waals surface area contributed by atoms with Crippen LogP contribution in [-0.2, 0) is 5.60 Å². The van der Waals surface area contributed by atoms with E-state index in [0.29, 0.717) is 5.02 Å². The molecule has 0 radical (unpaired) electrons. The Labute approximate surface area is 104 Å². The van der Waals surface area contributed by atoms with E-state index in [4.69, 9.17) is 11.6 Å². The molecule has 1 atom stereocenters. The molecule has 1 aromatic heterocycles.